The molecule has 0 saturated heterocycles. The third kappa shape index (κ3) is 43.0. The predicted molar refractivity (Wildman–Crippen MR) is 60.1 cm³/mol. The average Bonchev–Trinajstić information content (AvgIpc) is 2.18. The summed E-state index contributed by atoms with van der Waals surface area (Å²) in [6.45, 7) is 0.375. The first-order valence-corrected chi connectivity index (χ1v) is 6.66. The maximum Gasteiger partial charge on any atom is 0.317 e. The molecule has 0 aliphatic heterocycles. The zero-order valence-corrected chi connectivity index (χ0v) is 10.2. The molecule has 7 heteroatoms. The minimum atomic E-state index is -3.72. The van der Waals surface area contributed by atoms with Crippen molar-refractivity contribution >= 4 is 36.1 Å². The minimum Gasteiger partial charge on any atom is -0.471 e. The molecule has 0 aliphatic rings. The van der Waals surface area contributed by atoms with E-state index in [1.807, 2.05) is 36.4 Å². The molecule has 0 radical (unpaired) electrons. The van der Waals surface area contributed by atoms with Gasteiger partial charge >= 0.3 is 8.26 Å². The van der Waals surface area contributed by atoms with Crippen molar-refractivity contribution in [2.24, 2.45) is 0 Å². The molecule has 0 unspecified atom stereocenters. The number of rotatable bonds is 1. The van der Waals surface area contributed by atoms with E-state index in [2.05, 4.69) is 26.1 Å². The molecule has 0 spiro atoms. The maximum absolute atomic E-state index is 9.16. The summed E-state index contributed by atoms with van der Waals surface area (Å²) in [7, 11) is 6.13. The van der Waals surface area contributed by atoms with Crippen molar-refractivity contribution in [1.29, 1.82) is 0 Å². The number of benzene rings is 1. The van der Waals surface area contributed by atoms with E-state index in [0.717, 1.165) is 0 Å². The topological polar surface area (TPSA) is 60.4 Å². The molecule has 15 heavy (non-hydrogen) atoms. The maximum atomic E-state index is 9.16. The van der Waals surface area contributed by atoms with Crippen LogP contribution in [0.1, 0.15) is 0 Å². The van der Waals surface area contributed by atoms with E-state index < -0.39 is 8.26 Å². The lowest BCUT2D eigenvalue weighted by molar-refractivity contribution is -0.126. The Morgan fingerprint density at radius 1 is 1.00 bits per heavy atom. The fourth-order valence-electron chi connectivity index (χ4n) is 0.385. The van der Waals surface area contributed by atoms with Gasteiger partial charge in [0, 0.05) is 21.4 Å². The third-order valence-corrected chi connectivity index (χ3v) is 0.763. The zero-order valence-electron chi connectivity index (χ0n) is 7.84. The van der Waals surface area contributed by atoms with E-state index in [-0.39, 0.29) is 0 Å². The van der Waals surface area contributed by atoms with Crippen LogP contribution in [0.3, 0.4) is 0 Å². The lowest BCUT2D eigenvalue weighted by Gasteiger charge is -1.69. The van der Waals surface area contributed by atoms with Crippen molar-refractivity contribution < 1.29 is 17.9 Å². The van der Waals surface area contributed by atoms with Gasteiger partial charge in [-0.1, -0.05) is 36.4 Å². The summed E-state index contributed by atoms with van der Waals surface area (Å²) < 4.78 is 22.2. The highest BCUT2D eigenvalue weighted by atomic mass is 36.0. The predicted octanol–water partition coefficient (Wildman–Crippen LogP) is 2.18. The second-order valence-electron chi connectivity index (χ2n) is 1.86. The second-order valence-corrected chi connectivity index (χ2v) is 5.53. The SMILES string of the molecule is COC=O.O=S(=O)(Cl)Cl.c1ccccc1. The smallest absolute Gasteiger partial charge is 0.317 e. The molecule has 0 amide bonds. The van der Waals surface area contributed by atoms with Crippen LogP contribution in [0.5, 0.6) is 0 Å². The van der Waals surface area contributed by atoms with E-state index in [1.165, 1.54) is 7.11 Å². The van der Waals surface area contributed by atoms with Gasteiger partial charge in [0.2, 0.25) is 0 Å². The Bertz CT molecular complexity index is 291. The number of carbonyl (C=O) groups is 1. The van der Waals surface area contributed by atoms with Crippen LogP contribution in [-0.4, -0.2) is 22.0 Å². The second kappa shape index (κ2) is 11.3. The van der Waals surface area contributed by atoms with E-state index in [1.54, 1.807) is 0 Å². The quantitative estimate of drug-likeness (QED) is 0.581. The molecule has 1 aromatic rings. The molecule has 1 rings (SSSR count). The molecule has 0 aliphatic carbocycles. The number of hydrogen-bond acceptors (Lipinski definition) is 4. The summed E-state index contributed by atoms with van der Waals surface area (Å²) in [5.74, 6) is 0. The molecule has 0 saturated carbocycles. The number of ether oxygens (including phenoxy) is 1. The van der Waals surface area contributed by atoms with Gasteiger partial charge in [-0.25, -0.2) is 0 Å². The summed E-state index contributed by atoms with van der Waals surface area (Å²) in [5, 5.41) is 0. The first kappa shape index (κ1) is 16.6. The van der Waals surface area contributed by atoms with Crippen LogP contribution in [0, 0.1) is 0 Å². The summed E-state index contributed by atoms with van der Waals surface area (Å²) >= 11 is 0. The van der Waals surface area contributed by atoms with Crippen molar-refractivity contribution in [3.05, 3.63) is 36.4 Å². The Balaban J connectivity index is 0. The first-order valence-electron chi connectivity index (χ1n) is 3.52. The monoisotopic (exact) mass is 272 g/mol. The fraction of sp³-hybridized carbons (Fsp3) is 0.125. The molecular weight excluding hydrogens is 263 g/mol. The Hall–Kier alpha value is -0.780. The molecule has 0 fully saturated rings. The highest BCUT2D eigenvalue weighted by molar-refractivity contribution is 8.31. The van der Waals surface area contributed by atoms with Crippen LogP contribution >= 0.6 is 21.4 Å². The molecule has 86 valence electrons. The summed E-state index contributed by atoms with van der Waals surface area (Å²) in [6, 6.07) is 12.0. The van der Waals surface area contributed by atoms with Crippen LogP contribution in [0.4, 0.5) is 0 Å². The van der Waals surface area contributed by atoms with E-state index >= 15 is 0 Å². The number of hydrogen-bond donors (Lipinski definition) is 0. The molecular formula is C8H10Cl2O4S. The van der Waals surface area contributed by atoms with Gasteiger partial charge in [-0.05, 0) is 0 Å². The van der Waals surface area contributed by atoms with Gasteiger partial charge in [-0.3, -0.25) is 4.79 Å². The third-order valence-electron chi connectivity index (χ3n) is 0.763. The van der Waals surface area contributed by atoms with Crippen molar-refractivity contribution in [2.75, 3.05) is 7.11 Å². The van der Waals surface area contributed by atoms with Crippen LogP contribution in [0.15, 0.2) is 36.4 Å². The number of methoxy groups -OCH3 is 1. The van der Waals surface area contributed by atoms with Crippen molar-refractivity contribution in [3.8, 4) is 0 Å². The van der Waals surface area contributed by atoms with Gasteiger partial charge in [0.05, 0.1) is 7.11 Å². The van der Waals surface area contributed by atoms with Crippen LogP contribution in [-0.2, 0) is 17.8 Å². The molecule has 0 bridgehead atoms. The molecule has 0 N–H and O–H groups in total. The number of halogens is 2. The molecule has 4 nitrogen and oxygen atoms in total. The standard InChI is InChI=1S/C6H6.C2H4O2.Cl2O2S/c1-2-4-6-5-3-1;1-4-2-3;1-5(2,3)4/h1-6H;2H,1H3;. The summed E-state index contributed by atoms with van der Waals surface area (Å²) in [5.41, 5.74) is 0. The minimum absolute atomic E-state index is 0.375. The van der Waals surface area contributed by atoms with Crippen LogP contribution < -0.4 is 0 Å². The van der Waals surface area contributed by atoms with Gasteiger partial charge in [-0.15, -0.1) is 0 Å². The Morgan fingerprint density at radius 3 is 1.20 bits per heavy atom. The largest absolute Gasteiger partial charge is 0.471 e. The Kier molecular flexibility index (Phi) is 12.5. The summed E-state index contributed by atoms with van der Waals surface area (Å²) in [4.78, 5) is 8.95. The highest BCUT2D eigenvalue weighted by Crippen LogP contribution is 1.98. The zero-order chi connectivity index (χ0) is 12.2. The first-order chi connectivity index (χ1) is 6.91. The fourth-order valence-corrected chi connectivity index (χ4v) is 0.385. The summed E-state index contributed by atoms with van der Waals surface area (Å²) in [6.07, 6.45) is 0. The highest BCUT2D eigenvalue weighted by Gasteiger charge is 1.88. The van der Waals surface area contributed by atoms with Gasteiger partial charge < -0.3 is 4.74 Å². The molecule has 1 aromatic carbocycles. The van der Waals surface area contributed by atoms with E-state index in [9.17, 15) is 0 Å². The van der Waals surface area contributed by atoms with Crippen LogP contribution in [0.25, 0.3) is 0 Å². The van der Waals surface area contributed by atoms with Gasteiger partial charge in [-0.2, -0.15) is 8.42 Å². The normalized spacial score (nSPS) is 8.47. The van der Waals surface area contributed by atoms with Gasteiger partial charge in [0.1, 0.15) is 0 Å². The van der Waals surface area contributed by atoms with Crippen LogP contribution in [0.2, 0.25) is 0 Å². The van der Waals surface area contributed by atoms with Gasteiger partial charge in [0.25, 0.3) is 6.47 Å². The van der Waals surface area contributed by atoms with E-state index in [4.69, 9.17) is 13.2 Å². The van der Waals surface area contributed by atoms with Gasteiger partial charge in [0.15, 0.2) is 0 Å². The lowest BCUT2D eigenvalue weighted by Crippen LogP contribution is -1.68. The number of carbonyl (C=O) groups excluding carboxylic acids is 1. The van der Waals surface area contributed by atoms with Crippen molar-refractivity contribution in [1.82, 2.24) is 0 Å². The van der Waals surface area contributed by atoms with E-state index in [0.29, 0.717) is 6.47 Å². The average molecular weight is 273 g/mol. The lowest BCUT2D eigenvalue weighted by atomic mass is 10.4. The Labute approximate surface area is 97.7 Å². The molecule has 0 atom stereocenters. The van der Waals surface area contributed by atoms with Crippen molar-refractivity contribution in [2.45, 2.75) is 0 Å². The molecule has 0 aromatic heterocycles. The van der Waals surface area contributed by atoms with Crippen molar-refractivity contribution in [3.63, 3.8) is 0 Å². The molecule has 0 heterocycles. The Morgan fingerprint density at radius 2 is 1.13 bits per heavy atom.